The SMILES string of the molecule is O=C(NC1CC1)N1CCC(C(=O)N2CCN(C(c3ccccc3)c3ccccc3)CC2)CC1. The molecule has 0 aromatic heterocycles. The summed E-state index contributed by atoms with van der Waals surface area (Å²) in [6.07, 6.45) is 3.74. The van der Waals surface area contributed by atoms with Gasteiger partial charge in [-0.25, -0.2) is 4.79 Å². The number of nitrogens with zero attached hydrogens (tertiary/aromatic N) is 3. The molecular weight excluding hydrogens is 412 g/mol. The van der Waals surface area contributed by atoms with E-state index >= 15 is 0 Å². The minimum Gasteiger partial charge on any atom is -0.340 e. The lowest BCUT2D eigenvalue weighted by atomic mass is 9.94. The molecule has 174 valence electrons. The fourth-order valence-electron chi connectivity index (χ4n) is 5.17. The molecule has 3 fully saturated rings. The normalized spacial score (nSPS) is 20.2. The van der Waals surface area contributed by atoms with Gasteiger partial charge in [-0.05, 0) is 36.8 Å². The Bertz CT molecular complexity index is 892. The first-order chi connectivity index (χ1) is 16.2. The van der Waals surface area contributed by atoms with Gasteiger partial charge in [0.25, 0.3) is 0 Å². The van der Waals surface area contributed by atoms with Crippen molar-refractivity contribution in [3.8, 4) is 0 Å². The third-order valence-electron chi connectivity index (χ3n) is 7.26. The number of carbonyl (C=O) groups is 2. The van der Waals surface area contributed by atoms with Crippen LogP contribution in [0.25, 0.3) is 0 Å². The molecule has 3 amide bonds. The molecule has 0 radical (unpaired) electrons. The maximum Gasteiger partial charge on any atom is 0.317 e. The second-order valence-corrected chi connectivity index (χ2v) is 9.57. The predicted octanol–water partition coefficient (Wildman–Crippen LogP) is 3.50. The van der Waals surface area contributed by atoms with E-state index in [1.807, 2.05) is 9.80 Å². The van der Waals surface area contributed by atoms with Crippen LogP contribution in [0.15, 0.2) is 60.7 Å². The monoisotopic (exact) mass is 446 g/mol. The fraction of sp³-hybridized carbons (Fsp3) is 0.481. The first kappa shape index (κ1) is 22.0. The Morgan fingerprint density at radius 3 is 1.76 bits per heavy atom. The molecule has 1 N–H and O–H groups in total. The maximum atomic E-state index is 13.2. The zero-order valence-corrected chi connectivity index (χ0v) is 19.2. The second-order valence-electron chi connectivity index (χ2n) is 9.57. The highest BCUT2D eigenvalue weighted by atomic mass is 16.2. The third-order valence-corrected chi connectivity index (χ3v) is 7.26. The number of hydrogen-bond acceptors (Lipinski definition) is 3. The molecule has 0 bridgehead atoms. The highest BCUT2D eigenvalue weighted by molar-refractivity contribution is 5.80. The Kier molecular flexibility index (Phi) is 6.63. The number of piperazine rings is 1. The summed E-state index contributed by atoms with van der Waals surface area (Å²) in [6, 6.07) is 21.9. The van der Waals surface area contributed by atoms with Crippen LogP contribution in [0.2, 0.25) is 0 Å². The number of amides is 3. The minimum atomic E-state index is 0.0422. The summed E-state index contributed by atoms with van der Waals surface area (Å²) in [4.78, 5) is 31.9. The van der Waals surface area contributed by atoms with Crippen molar-refractivity contribution in [1.29, 1.82) is 0 Å². The molecule has 0 atom stereocenters. The molecule has 1 aliphatic carbocycles. The van der Waals surface area contributed by atoms with Crippen molar-refractivity contribution in [2.24, 2.45) is 5.92 Å². The van der Waals surface area contributed by atoms with Gasteiger partial charge in [-0.2, -0.15) is 0 Å². The van der Waals surface area contributed by atoms with Gasteiger partial charge in [0.15, 0.2) is 0 Å². The van der Waals surface area contributed by atoms with Crippen LogP contribution in [0.5, 0.6) is 0 Å². The molecule has 0 unspecified atom stereocenters. The first-order valence-electron chi connectivity index (χ1n) is 12.4. The molecule has 1 saturated carbocycles. The quantitative estimate of drug-likeness (QED) is 0.765. The van der Waals surface area contributed by atoms with Crippen molar-refractivity contribution in [2.45, 2.75) is 37.8 Å². The summed E-state index contributed by atoms with van der Waals surface area (Å²) in [5.41, 5.74) is 2.58. The lowest BCUT2D eigenvalue weighted by Gasteiger charge is -2.41. The molecule has 2 aromatic rings. The Labute approximate surface area is 196 Å². The Hall–Kier alpha value is -2.86. The van der Waals surface area contributed by atoms with Crippen molar-refractivity contribution >= 4 is 11.9 Å². The number of hydrogen-bond donors (Lipinski definition) is 1. The minimum absolute atomic E-state index is 0.0422. The molecule has 6 heteroatoms. The smallest absolute Gasteiger partial charge is 0.317 e. The molecule has 2 heterocycles. The predicted molar refractivity (Wildman–Crippen MR) is 129 cm³/mol. The number of urea groups is 1. The fourth-order valence-corrected chi connectivity index (χ4v) is 5.17. The zero-order valence-electron chi connectivity index (χ0n) is 19.2. The van der Waals surface area contributed by atoms with E-state index in [0.29, 0.717) is 19.1 Å². The number of rotatable bonds is 5. The zero-order chi connectivity index (χ0) is 22.6. The van der Waals surface area contributed by atoms with Gasteiger partial charge in [0.05, 0.1) is 6.04 Å². The van der Waals surface area contributed by atoms with E-state index < -0.39 is 0 Å². The van der Waals surface area contributed by atoms with E-state index in [-0.39, 0.29) is 23.9 Å². The van der Waals surface area contributed by atoms with E-state index in [0.717, 1.165) is 51.9 Å². The molecular formula is C27H34N4O2. The van der Waals surface area contributed by atoms with Crippen LogP contribution in [0.4, 0.5) is 4.79 Å². The Balaban J connectivity index is 1.17. The summed E-state index contributed by atoms with van der Waals surface area (Å²) in [7, 11) is 0. The van der Waals surface area contributed by atoms with Crippen LogP contribution < -0.4 is 5.32 Å². The average molecular weight is 447 g/mol. The lowest BCUT2D eigenvalue weighted by molar-refractivity contribution is -0.138. The van der Waals surface area contributed by atoms with Crippen molar-refractivity contribution in [1.82, 2.24) is 20.0 Å². The molecule has 2 aliphatic heterocycles. The molecule has 33 heavy (non-hydrogen) atoms. The van der Waals surface area contributed by atoms with E-state index in [2.05, 4.69) is 70.9 Å². The van der Waals surface area contributed by atoms with Crippen LogP contribution >= 0.6 is 0 Å². The first-order valence-corrected chi connectivity index (χ1v) is 12.4. The van der Waals surface area contributed by atoms with Gasteiger partial charge in [-0.3, -0.25) is 9.69 Å². The Morgan fingerprint density at radius 1 is 0.697 bits per heavy atom. The number of carbonyl (C=O) groups excluding carboxylic acids is 2. The van der Waals surface area contributed by atoms with E-state index in [9.17, 15) is 9.59 Å². The van der Waals surface area contributed by atoms with Gasteiger partial charge in [0.1, 0.15) is 0 Å². The van der Waals surface area contributed by atoms with Gasteiger partial charge in [0, 0.05) is 51.2 Å². The molecule has 5 rings (SSSR count). The topological polar surface area (TPSA) is 55.9 Å². The number of nitrogens with one attached hydrogen (secondary N) is 1. The largest absolute Gasteiger partial charge is 0.340 e. The summed E-state index contributed by atoms with van der Waals surface area (Å²) >= 11 is 0. The van der Waals surface area contributed by atoms with Gasteiger partial charge in [-0.15, -0.1) is 0 Å². The molecule has 6 nitrogen and oxygen atoms in total. The van der Waals surface area contributed by atoms with E-state index in [1.54, 1.807) is 0 Å². The second kappa shape index (κ2) is 9.96. The van der Waals surface area contributed by atoms with Crippen LogP contribution in [-0.2, 0) is 4.79 Å². The lowest BCUT2D eigenvalue weighted by Crippen LogP contribution is -2.53. The van der Waals surface area contributed by atoms with Gasteiger partial charge < -0.3 is 15.1 Å². The van der Waals surface area contributed by atoms with Crippen LogP contribution in [-0.4, -0.2) is 71.9 Å². The Morgan fingerprint density at radius 2 is 1.24 bits per heavy atom. The van der Waals surface area contributed by atoms with Crippen molar-refractivity contribution in [3.05, 3.63) is 71.8 Å². The summed E-state index contributed by atoms with van der Waals surface area (Å²) in [5.74, 6) is 0.313. The standard InChI is InChI=1S/C27H34N4O2/c32-26(23-13-15-31(16-14-23)27(33)28-24-11-12-24)30-19-17-29(18-20-30)25(21-7-3-1-4-8-21)22-9-5-2-6-10-22/h1-10,23-25H,11-20H2,(H,28,33). The summed E-state index contributed by atoms with van der Waals surface area (Å²) < 4.78 is 0. The van der Waals surface area contributed by atoms with Crippen molar-refractivity contribution in [2.75, 3.05) is 39.3 Å². The number of likely N-dealkylation sites (tertiary alicyclic amines) is 1. The van der Waals surface area contributed by atoms with Gasteiger partial charge >= 0.3 is 6.03 Å². The van der Waals surface area contributed by atoms with Crippen molar-refractivity contribution < 1.29 is 9.59 Å². The molecule has 0 spiro atoms. The highest BCUT2D eigenvalue weighted by Crippen LogP contribution is 2.30. The summed E-state index contributed by atoms with van der Waals surface area (Å²) in [5, 5.41) is 3.06. The van der Waals surface area contributed by atoms with Gasteiger partial charge in [0.2, 0.25) is 5.91 Å². The maximum absolute atomic E-state index is 13.2. The molecule has 3 aliphatic rings. The number of benzene rings is 2. The van der Waals surface area contributed by atoms with Crippen LogP contribution in [0.1, 0.15) is 42.9 Å². The molecule has 2 saturated heterocycles. The van der Waals surface area contributed by atoms with E-state index in [4.69, 9.17) is 0 Å². The third kappa shape index (κ3) is 5.22. The van der Waals surface area contributed by atoms with Crippen LogP contribution in [0, 0.1) is 5.92 Å². The van der Waals surface area contributed by atoms with Crippen molar-refractivity contribution in [3.63, 3.8) is 0 Å². The van der Waals surface area contributed by atoms with Gasteiger partial charge in [-0.1, -0.05) is 60.7 Å². The van der Waals surface area contributed by atoms with E-state index in [1.165, 1.54) is 11.1 Å². The number of piperidine rings is 1. The average Bonchev–Trinajstić information content (AvgIpc) is 3.70. The van der Waals surface area contributed by atoms with Crippen LogP contribution in [0.3, 0.4) is 0 Å². The highest BCUT2D eigenvalue weighted by Gasteiger charge is 2.34. The summed E-state index contributed by atoms with van der Waals surface area (Å²) in [6.45, 7) is 4.61. The molecule has 2 aromatic carbocycles.